The molecule has 0 unspecified atom stereocenters. The van der Waals surface area contributed by atoms with Crippen LogP contribution in [0.1, 0.15) is 28.2 Å². The smallest absolute Gasteiger partial charge is 0.340 e. The van der Waals surface area contributed by atoms with Gasteiger partial charge in [-0.25, -0.2) is 9.18 Å². The number of carbonyl (C=O) groups is 2. The summed E-state index contributed by atoms with van der Waals surface area (Å²) in [6, 6.07) is 5.54. The Morgan fingerprint density at radius 3 is 2.74 bits per heavy atom. The number of thiophene rings is 1. The van der Waals surface area contributed by atoms with Crippen LogP contribution < -0.4 is 5.32 Å². The van der Waals surface area contributed by atoms with E-state index in [9.17, 15) is 14.0 Å². The summed E-state index contributed by atoms with van der Waals surface area (Å²) in [7, 11) is 0. The molecule has 1 aromatic carbocycles. The van der Waals surface area contributed by atoms with E-state index in [-0.39, 0.29) is 21.7 Å². The molecule has 0 aliphatic carbocycles. The van der Waals surface area contributed by atoms with Crippen LogP contribution in [0.2, 0.25) is 10.0 Å². The van der Waals surface area contributed by atoms with E-state index in [1.165, 1.54) is 11.3 Å². The molecule has 4 nitrogen and oxygen atoms in total. The van der Waals surface area contributed by atoms with Gasteiger partial charge in [0.25, 0.3) is 5.91 Å². The third-order valence-corrected chi connectivity index (χ3v) is 4.57. The predicted molar refractivity (Wildman–Crippen MR) is 87.6 cm³/mol. The van der Waals surface area contributed by atoms with Gasteiger partial charge in [-0.05, 0) is 30.5 Å². The summed E-state index contributed by atoms with van der Waals surface area (Å²) in [4.78, 5) is 24.6. The first-order valence-corrected chi connectivity index (χ1v) is 8.16. The SMILES string of the molecule is C[C@H](NC(=O)COC(=O)c1cc(F)c(Cl)cc1Cl)c1cccs1. The maximum absolute atomic E-state index is 13.4. The fourth-order valence-corrected chi connectivity index (χ4v) is 2.97. The quantitative estimate of drug-likeness (QED) is 0.628. The second kappa shape index (κ2) is 7.77. The predicted octanol–water partition coefficient (Wildman–Crippen LogP) is 4.23. The van der Waals surface area contributed by atoms with Crippen LogP contribution in [0.25, 0.3) is 0 Å². The van der Waals surface area contributed by atoms with Gasteiger partial charge in [-0.3, -0.25) is 4.79 Å². The molecule has 0 radical (unpaired) electrons. The lowest BCUT2D eigenvalue weighted by Gasteiger charge is -2.12. The van der Waals surface area contributed by atoms with Crippen LogP contribution in [-0.4, -0.2) is 18.5 Å². The third-order valence-electron chi connectivity index (χ3n) is 2.91. The summed E-state index contributed by atoms with van der Waals surface area (Å²) < 4.78 is 18.2. The number of benzene rings is 1. The number of esters is 1. The second-order valence-electron chi connectivity index (χ2n) is 4.63. The van der Waals surface area contributed by atoms with E-state index in [1.54, 1.807) is 0 Å². The van der Waals surface area contributed by atoms with Crippen LogP contribution in [-0.2, 0) is 9.53 Å². The first kappa shape index (κ1) is 17.7. The molecule has 2 aromatic rings. The second-order valence-corrected chi connectivity index (χ2v) is 6.42. The highest BCUT2D eigenvalue weighted by Gasteiger charge is 2.17. The molecule has 1 amide bonds. The summed E-state index contributed by atoms with van der Waals surface area (Å²) in [6.45, 7) is 1.33. The number of amides is 1. The van der Waals surface area contributed by atoms with Gasteiger partial charge in [-0.2, -0.15) is 0 Å². The van der Waals surface area contributed by atoms with E-state index < -0.39 is 24.3 Å². The maximum Gasteiger partial charge on any atom is 0.340 e. The van der Waals surface area contributed by atoms with E-state index in [0.29, 0.717) is 0 Å². The Balaban J connectivity index is 1.91. The average molecular weight is 376 g/mol. The summed E-state index contributed by atoms with van der Waals surface area (Å²) in [5.41, 5.74) is -0.187. The largest absolute Gasteiger partial charge is 0.452 e. The lowest BCUT2D eigenvalue weighted by atomic mass is 10.2. The molecule has 1 heterocycles. The maximum atomic E-state index is 13.4. The first-order valence-electron chi connectivity index (χ1n) is 6.53. The number of nitrogens with one attached hydrogen (secondary N) is 1. The first-order chi connectivity index (χ1) is 10.9. The van der Waals surface area contributed by atoms with E-state index in [0.717, 1.165) is 17.0 Å². The molecule has 1 N–H and O–H groups in total. The fraction of sp³-hybridized carbons (Fsp3) is 0.200. The van der Waals surface area contributed by atoms with Crippen molar-refractivity contribution >= 4 is 46.4 Å². The van der Waals surface area contributed by atoms with Gasteiger partial charge < -0.3 is 10.1 Å². The monoisotopic (exact) mass is 375 g/mol. The minimum Gasteiger partial charge on any atom is -0.452 e. The number of hydrogen-bond acceptors (Lipinski definition) is 4. The lowest BCUT2D eigenvalue weighted by Crippen LogP contribution is -2.30. The topological polar surface area (TPSA) is 55.4 Å². The number of rotatable bonds is 5. The zero-order valence-electron chi connectivity index (χ0n) is 11.9. The van der Waals surface area contributed by atoms with Crippen molar-refractivity contribution in [3.63, 3.8) is 0 Å². The van der Waals surface area contributed by atoms with Crippen molar-refractivity contribution in [3.05, 3.63) is 55.9 Å². The van der Waals surface area contributed by atoms with Gasteiger partial charge in [0.15, 0.2) is 6.61 Å². The Kier molecular flexibility index (Phi) is 5.98. The molecule has 1 atom stereocenters. The van der Waals surface area contributed by atoms with E-state index in [4.69, 9.17) is 27.9 Å². The molecule has 0 bridgehead atoms. The molecule has 0 aliphatic rings. The van der Waals surface area contributed by atoms with Crippen molar-refractivity contribution < 1.29 is 18.7 Å². The van der Waals surface area contributed by atoms with E-state index in [1.807, 2.05) is 24.4 Å². The number of ether oxygens (including phenoxy) is 1. The van der Waals surface area contributed by atoms with E-state index >= 15 is 0 Å². The zero-order valence-corrected chi connectivity index (χ0v) is 14.3. The summed E-state index contributed by atoms with van der Waals surface area (Å²) >= 11 is 12.9. The highest BCUT2D eigenvalue weighted by Crippen LogP contribution is 2.25. The van der Waals surface area contributed by atoms with Crippen molar-refractivity contribution in [2.45, 2.75) is 13.0 Å². The van der Waals surface area contributed by atoms with Crippen molar-refractivity contribution in [1.82, 2.24) is 5.32 Å². The van der Waals surface area contributed by atoms with Gasteiger partial charge >= 0.3 is 5.97 Å². The summed E-state index contributed by atoms with van der Waals surface area (Å²) in [5.74, 6) is -2.16. The Morgan fingerprint density at radius 1 is 1.35 bits per heavy atom. The zero-order chi connectivity index (χ0) is 17.0. The normalized spacial score (nSPS) is 11.8. The molecule has 2 rings (SSSR count). The Labute approximate surface area is 146 Å². The molecule has 0 spiro atoms. The lowest BCUT2D eigenvalue weighted by molar-refractivity contribution is -0.124. The summed E-state index contributed by atoms with van der Waals surface area (Å²) in [6.07, 6.45) is 0. The van der Waals surface area contributed by atoms with Crippen molar-refractivity contribution in [1.29, 1.82) is 0 Å². The van der Waals surface area contributed by atoms with Crippen LogP contribution in [0.15, 0.2) is 29.6 Å². The van der Waals surface area contributed by atoms with Crippen molar-refractivity contribution in [2.75, 3.05) is 6.61 Å². The van der Waals surface area contributed by atoms with Crippen LogP contribution in [0.4, 0.5) is 4.39 Å². The van der Waals surface area contributed by atoms with E-state index in [2.05, 4.69) is 5.32 Å². The standard InChI is InChI=1S/C15H12Cl2FNO3S/c1-8(13-3-2-4-23-13)19-14(20)7-22-15(21)9-5-12(18)11(17)6-10(9)16/h2-6,8H,7H2,1H3,(H,19,20)/t8-/m0/s1. The molecule has 23 heavy (non-hydrogen) atoms. The molecule has 0 saturated carbocycles. The highest BCUT2D eigenvalue weighted by molar-refractivity contribution is 7.10. The molecular weight excluding hydrogens is 364 g/mol. The molecule has 0 saturated heterocycles. The number of carbonyl (C=O) groups excluding carboxylic acids is 2. The molecule has 0 aliphatic heterocycles. The summed E-state index contributed by atoms with van der Waals surface area (Å²) in [5, 5.41) is 4.34. The molecule has 122 valence electrons. The minimum atomic E-state index is -0.899. The molecular formula is C15H12Cl2FNO3S. The Bertz CT molecular complexity index is 722. The fourth-order valence-electron chi connectivity index (χ4n) is 1.78. The van der Waals surface area contributed by atoms with Gasteiger partial charge in [0, 0.05) is 4.88 Å². The van der Waals surface area contributed by atoms with Gasteiger partial charge in [-0.1, -0.05) is 29.3 Å². The number of hydrogen-bond donors (Lipinski definition) is 1. The Hall–Kier alpha value is -1.63. The average Bonchev–Trinajstić information content (AvgIpc) is 3.03. The molecule has 0 fully saturated rings. The van der Waals surface area contributed by atoms with Crippen LogP contribution in [0.5, 0.6) is 0 Å². The van der Waals surface area contributed by atoms with Gasteiger partial charge in [-0.15, -0.1) is 11.3 Å². The van der Waals surface area contributed by atoms with Gasteiger partial charge in [0.2, 0.25) is 0 Å². The van der Waals surface area contributed by atoms with Crippen LogP contribution in [0.3, 0.4) is 0 Å². The van der Waals surface area contributed by atoms with Crippen LogP contribution >= 0.6 is 34.5 Å². The molecule has 8 heteroatoms. The number of halogens is 3. The molecule has 1 aromatic heterocycles. The minimum absolute atomic E-state index is 0.0474. The highest BCUT2D eigenvalue weighted by atomic mass is 35.5. The third kappa shape index (κ3) is 4.67. The van der Waals surface area contributed by atoms with Gasteiger partial charge in [0.05, 0.1) is 21.7 Å². The van der Waals surface area contributed by atoms with Crippen molar-refractivity contribution in [3.8, 4) is 0 Å². The van der Waals surface area contributed by atoms with Crippen molar-refractivity contribution in [2.24, 2.45) is 0 Å². The Morgan fingerprint density at radius 2 is 2.09 bits per heavy atom. The van der Waals surface area contributed by atoms with Gasteiger partial charge in [0.1, 0.15) is 5.82 Å². The van der Waals surface area contributed by atoms with Crippen LogP contribution in [0, 0.1) is 5.82 Å².